The average Bonchev–Trinajstić information content (AvgIpc) is 3.42. The average molecular weight is 574 g/mol. The Morgan fingerprint density at radius 3 is 2.18 bits per heavy atom. The number of alkyl halides is 6. The summed E-state index contributed by atoms with van der Waals surface area (Å²) in [6, 6.07) is 4.55. The summed E-state index contributed by atoms with van der Waals surface area (Å²) in [5.41, 5.74) is 0.809. The zero-order valence-electron chi connectivity index (χ0n) is 22.0. The van der Waals surface area contributed by atoms with Crippen LogP contribution in [-0.2, 0) is 17.1 Å². The highest BCUT2D eigenvalue weighted by Crippen LogP contribution is 2.43. The number of hydrogen-bond donors (Lipinski definition) is 0. The lowest BCUT2D eigenvalue weighted by Gasteiger charge is -2.24. The van der Waals surface area contributed by atoms with Crippen molar-refractivity contribution >= 4 is 26.2 Å². The van der Waals surface area contributed by atoms with Crippen molar-refractivity contribution in [1.82, 2.24) is 4.90 Å². The number of rotatable bonds is 6. The smallest absolute Gasteiger partial charge is 0.416 e. The fraction of sp³-hybridized carbons (Fsp3) is 0.464. The summed E-state index contributed by atoms with van der Waals surface area (Å²) < 4.78 is 91.5. The Balaban J connectivity index is 1.69. The summed E-state index contributed by atoms with van der Waals surface area (Å²) in [7, 11) is 4.30. The van der Waals surface area contributed by atoms with Crippen molar-refractivity contribution in [2.75, 3.05) is 13.7 Å². The van der Waals surface area contributed by atoms with Crippen LogP contribution in [0.2, 0.25) is 0 Å². The Bertz CT molecular complexity index is 1270. The van der Waals surface area contributed by atoms with Crippen LogP contribution in [0.5, 0.6) is 5.75 Å². The Kier molecular flexibility index (Phi) is 8.01. The molecule has 2 aliphatic rings. The van der Waals surface area contributed by atoms with Gasteiger partial charge >= 0.3 is 18.4 Å². The van der Waals surface area contributed by atoms with Gasteiger partial charge in [0.05, 0.1) is 24.3 Å². The first-order valence-corrected chi connectivity index (χ1v) is 13.1. The molecule has 2 aromatic carbocycles. The van der Waals surface area contributed by atoms with Crippen LogP contribution in [0, 0.1) is 0 Å². The van der Waals surface area contributed by atoms with Gasteiger partial charge in [0, 0.05) is 12.1 Å². The summed E-state index contributed by atoms with van der Waals surface area (Å²) in [4.78, 5) is 14.3. The minimum atomic E-state index is -4.99. The van der Waals surface area contributed by atoms with Gasteiger partial charge < -0.3 is 9.47 Å². The van der Waals surface area contributed by atoms with Gasteiger partial charge in [0.1, 0.15) is 11.9 Å². The second-order valence-electron chi connectivity index (χ2n) is 10.3. The summed E-state index contributed by atoms with van der Waals surface area (Å²) >= 11 is 0. The third-order valence-corrected chi connectivity index (χ3v) is 7.88. The molecule has 0 radical (unpaired) electrons. The van der Waals surface area contributed by atoms with Crippen LogP contribution in [0.15, 0.2) is 35.9 Å². The maximum absolute atomic E-state index is 13.4. The Hall–Kier alpha value is -2.74. The molecule has 212 valence electrons. The van der Waals surface area contributed by atoms with Gasteiger partial charge in [-0.2, -0.15) is 26.3 Å². The van der Waals surface area contributed by atoms with Crippen LogP contribution in [0.3, 0.4) is 0 Å². The summed E-state index contributed by atoms with van der Waals surface area (Å²) in [6.07, 6.45) is -9.77. The fourth-order valence-corrected chi connectivity index (χ4v) is 5.90. The van der Waals surface area contributed by atoms with Crippen molar-refractivity contribution < 1.29 is 40.6 Å². The van der Waals surface area contributed by atoms with E-state index < -0.39 is 41.7 Å². The quantitative estimate of drug-likeness (QED) is 0.261. The minimum Gasteiger partial charge on any atom is -0.496 e. The molecule has 4 nitrogen and oxygen atoms in total. The predicted octanol–water partition coefficient (Wildman–Crippen LogP) is 7.88. The van der Waals surface area contributed by atoms with Crippen molar-refractivity contribution in [1.29, 1.82) is 0 Å². The molecule has 2 aromatic rings. The highest BCUT2D eigenvalue weighted by Gasteiger charge is 2.43. The number of hydrogen-bond acceptors (Lipinski definition) is 3. The van der Waals surface area contributed by atoms with Gasteiger partial charge in [0.25, 0.3) is 0 Å². The third-order valence-electron chi connectivity index (χ3n) is 7.38. The maximum Gasteiger partial charge on any atom is 0.416 e. The van der Waals surface area contributed by atoms with Crippen molar-refractivity contribution in [2.45, 2.75) is 70.4 Å². The number of methoxy groups -OCH3 is 1. The lowest BCUT2D eigenvalue weighted by atomic mass is 9.94. The van der Waals surface area contributed by atoms with Crippen molar-refractivity contribution in [3.8, 4) is 5.75 Å². The number of ether oxygens (including phenoxy) is 2. The standard InChI is InChI=1S/C28H30F6NO3P/c1-14(2)21-11-22(23(37-4)12-24(21)39)20-7-5-6-16(20)13-35-15(3)25(38-26(35)36)17-8-18(27(29,30)31)10-19(9-17)28(32,33)34/h8-12,14-15,25H,5-7,13,39H2,1-4H3. The molecular weight excluding hydrogens is 543 g/mol. The van der Waals surface area contributed by atoms with E-state index in [9.17, 15) is 31.1 Å². The van der Waals surface area contributed by atoms with Crippen LogP contribution in [-0.4, -0.2) is 30.7 Å². The Labute approximate surface area is 225 Å². The van der Waals surface area contributed by atoms with E-state index in [0.29, 0.717) is 24.3 Å². The highest BCUT2D eigenvalue weighted by molar-refractivity contribution is 7.27. The zero-order valence-corrected chi connectivity index (χ0v) is 23.1. The molecule has 4 rings (SSSR count). The van der Waals surface area contributed by atoms with Gasteiger partial charge in [-0.25, -0.2) is 4.79 Å². The zero-order chi connectivity index (χ0) is 28.9. The Morgan fingerprint density at radius 1 is 1.03 bits per heavy atom. The van der Waals surface area contributed by atoms with E-state index in [0.717, 1.165) is 40.4 Å². The lowest BCUT2D eigenvalue weighted by molar-refractivity contribution is -0.143. The number of carbonyl (C=O) groups excluding carboxylic acids is 1. The molecule has 1 aliphatic heterocycles. The van der Waals surface area contributed by atoms with Crippen LogP contribution in [0.4, 0.5) is 31.1 Å². The molecular formula is C28H30F6NO3P. The summed E-state index contributed by atoms with van der Waals surface area (Å²) in [5, 5.41) is 1.02. The molecule has 0 N–H and O–H groups in total. The molecule has 1 fully saturated rings. The molecule has 1 saturated heterocycles. The van der Waals surface area contributed by atoms with Gasteiger partial charge in [-0.05, 0) is 90.0 Å². The number of amides is 1. The van der Waals surface area contributed by atoms with Crippen molar-refractivity contribution in [2.24, 2.45) is 0 Å². The SMILES string of the molecule is COc1cc(P)c(C(C)C)cc1C1=C(CN2C(=O)OC(c3cc(C(F)(F)F)cc(C(F)(F)F)c3)C2C)CCC1. The monoisotopic (exact) mass is 573 g/mol. The molecule has 0 saturated carbocycles. The molecule has 1 amide bonds. The number of halogens is 6. The molecule has 11 heteroatoms. The predicted molar refractivity (Wildman–Crippen MR) is 139 cm³/mol. The lowest BCUT2D eigenvalue weighted by Crippen LogP contribution is -2.33. The first-order valence-electron chi connectivity index (χ1n) is 12.6. The van der Waals surface area contributed by atoms with Crippen molar-refractivity contribution in [3.05, 3.63) is 63.7 Å². The van der Waals surface area contributed by atoms with Crippen LogP contribution < -0.4 is 10.0 Å². The minimum absolute atomic E-state index is 0.0667. The normalized spacial score (nSPS) is 20.3. The van der Waals surface area contributed by atoms with E-state index in [2.05, 4.69) is 29.2 Å². The number of carbonyl (C=O) groups is 1. The van der Waals surface area contributed by atoms with E-state index in [-0.39, 0.29) is 24.1 Å². The van der Waals surface area contributed by atoms with Gasteiger partial charge in [0.2, 0.25) is 0 Å². The van der Waals surface area contributed by atoms with E-state index in [1.807, 2.05) is 6.07 Å². The third kappa shape index (κ3) is 5.91. The van der Waals surface area contributed by atoms with Gasteiger partial charge in [-0.1, -0.05) is 13.8 Å². The van der Waals surface area contributed by atoms with Crippen LogP contribution >= 0.6 is 9.24 Å². The highest BCUT2D eigenvalue weighted by atomic mass is 31.0. The van der Waals surface area contributed by atoms with Gasteiger partial charge in [-0.15, -0.1) is 9.24 Å². The van der Waals surface area contributed by atoms with Crippen LogP contribution in [0.25, 0.3) is 5.57 Å². The number of nitrogens with zero attached hydrogens (tertiary/aromatic N) is 1. The number of allylic oxidation sites excluding steroid dienone is 1. The Morgan fingerprint density at radius 2 is 1.64 bits per heavy atom. The first-order chi connectivity index (χ1) is 18.1. The van der Waals surface area contributed by atoms with E-state index in [1.54, 1.807) is 14.0 Å². The molecule has 0 aromatic heterocycles. The van der Waals surface area contributed by atoms with Crippen LogP contribution in [0.1, 0.15) is 79.9 Å². The van der Waals surface area contributed by atoms with E-state index in [4.69, 9.17) is 9.47 Å². The maximum atomic E-state index is 13.4. The summed E-state index contributed by atoms with van der Waals surface area (Å²) in [6.45, 7) is 5.89. The topological polar surface area (TPSA) is 38.8 Å². The molecule has 0 spiro atoms. The molecule has 3 atom stereocenters. The second kappa shape index (κ2) is 10.7. The van der Waals surface area contributed by atoms with E-state index >= 15 is 0 Å². The van der Waals surface area contributed by atoms with Gasteiger partial charge in [-0.3, -0.25) is 4.90 Å². The van der Waals surface area contributed by atoms with Crippen molar-refractivity contribution in [3.63, 3.8) is 0 Å². The fourth-order valence-electron chi connectivity index (χ4n) is 5.33. The van der Waals surface area contributed by atoms with Gasteiger partial charge in [0.15, 0.2) is 0 Å². The first kappa shape index (κ1) is 29.2. The largest absolute Gasteiger partial charge is 0.496 e. The number of cyclic esters (lactones) is 1. The second-order valence-corrected chi connectivity index (χ2v) is 10.9. The van der Waals surface area contributed by atoms with E-state index in [1.165, 1.54) is 4.90 Å². The molecule has 1 heterocycles. The summed E-state index contributed by atoms with van der Waals surface area (Å²) in [5.74, 6) is 0.952. The molecule has 0 bridgehead atoms. The molecule has 3 unspecified atom stereocenters. The molecule has 1 aliphatic carbocycles. The molecule has 39 heavy (non-hydrogen) atoms. The number of benzene rings is 2.